The Morgan fingerprint density at radius 2 is 1.70 bits per heavy atom. The molecule has 0 bridgehead atoms. The van der Waals surface area contributed by atoms with Gasteiger partial charge in [-0.25, -0.2) is 0 Å². The number of rotatable bonds is 3. The normalized spacial score (nSPS) is 15.5. The third-order valence-electron chi connectivity index (χ3n) is 7.52. The second-order valence-electron chi connectivity index (χ2n) is 9.62. The van der Waals surface area contributed by atoms with E-state index < -0.39 is 5.21 Å². The summed E-state index contributed by atoms with van der Waals surface area (Å²) in [5.41, 5.74) is 5.86. The molecule has 6 rings (SSSR count). The van der Waals surface area contributed by atoms with E-state index >= 15 is 0 Å². The van der Waals surface area contributed by atoms with Crippen LogP contribution in [0.25, 0.3) is 44.0 Å². The number of benzene rings is 3. The Bertz CT molecular complexity index is 1490. The fraction of sp³-hybridized carbons (Fsp3) is 0.276. The standard InChI is InChI=1S/C29H25B2NO/c1-18-15-27-24(28-22-10-6-5-7-19(22)11-12-26(28)33-27)17-23(18)25-16-21(13-14-32-25)29(30,31)20-8-3-2-4-9-20/h5-7,10-17,20H,2-4,8-9H2,1H3. The minimum absolute atomic E-state index is 0.300. The van der Waals surface area contributed by atoms with Crippen LogP contribution in [0.4, 0.5) is 0 Å². The largest absolute Gasteiger partial charge is 0.456 e. The highest BCUT2D eigenvalue weighted by Gasteiger charge is 2.31. The second-order valence-corrected chi connectivity index (χ2v) is 9.62. The van der Waals surface area contributed by atoms with Crippen LogP contribution < -0.4 is 0 Å². The molecule has 0 N–H and O–H groups in total. The van der Waals surface area contributed by atoms with Crippen molar-refractivity contribution in [2.45, 2.75) is 44.2 Å². The Labute approximate surface area is 197 Å². The molecule has 1 aliphatic carbocycles. The zero-order chi connectivity index (χ0) is 22.6. The molecule has 4 heteroatoms. The quantitative estimate of drug-likeness (QED) is 0.286. The Hall–Kier alpha value is -3.00. The first kappa shape index (κ1) is 20.6. The lowest BCUT2D eigenvalue weighted by molar-refractivity contribution is 0.327. The smallest absolute Gasteiger partial charge is 0.136 e. The van der Waals surface area contributed by atoms with Crippen molar-refractivity contribution in [1.29, 1.82) is 0 Å². The Balaban J connectivity index is 1.51. The molecule has 0 saturated heterocycles. The Kier molecular flexibility index (Phi) is 4.87. The van der Waals surface area contributed by atoms with E-state index in [1.54, 1.807) is 0 Å². The van der Waals surface area contributed by atoms with Crippen LogP contribution in [0.2, 0.25) is 0 Å². The van der Waals surface area contributed by atoms with Gasteiger partial charge in [0.25, 0.3) is 0 Å². The van der Waals surface area contributed by atoms with Crippen LogP contribution in [-0.2, 0) is 5.21 Å². The summed E-state index contributed by atoms with van der Waals surface area (Å²) in [6, 6.07) is 21.0. The number of furan rings is 1. The molecule has 158 valence electrons. The molecule has 2 heterocycles. The molecule has 3 aromatic carbocycles. The van der Waals surface area contributed by atoms with Gasteiger partial charge in [-0.1, -0.05) is 73.2 Å². The zero-order valence-corrected chi connectivity index (χ0v) is 19.0. The highest BCUT2D eigenvalue weighted by molar-refractivity contribution is 6.40. The van der Waals surface area contributed by atoms with Gasteiger partial charge in [-0.15, -0.1) is 0 Å². The molecule has 0 amide bonds. The van der Waals surface area contributed by atoms with Crippen LogP contribution in [0.5, 0.6) is 0 Å². The average molecular weight is 425 g/mol. The van der Waals surface area contributed by atoms with E-state index in [1.807, 2.05) is 12.3 Å². The Morgan fingerprint density at radius 3 is 2.55 bits per heavy atom. The highest BCUT2D eigenvalue weighted by Crippen LogP contribution is 2.40. The molecule has 1 saturated carbocycles. The lowest BCUT2D eigenvalue weighted by Crippen LogP contribution is -2.37. The first-order valence-electron chi connectivity index (χ1n) is 11.9. The molecule has 4 radical (unpaired) electrons. The van der Waals surface area contributed by atoms with Crippen molar-refractivity contribution in [2.75, 3.05) is 0 Å². The second kappa shape index (κ2) is 7.80. The van der Waals surface area contributed by atoms with E-state index in [-0.39, 0.29) is 0 Å². The maximum absolute atomic E-state index is 6.74. The molecule has 33 heavy (non-hydrogen) atoms. The molecule has 0 atom stereocenters. The van der Waals surface area contributed by atoms with Crippen LogP contribution in [0.1, 0.15) is 43.2 Å². The van der Waals surface area contributed by atoms with Gasteiger partial charge in [-0.05, 0) is 59.5 Å². The fourth-order valence-corrected chi connectivity index (χ4v) is 5.63. The van der Waals surface area contributed by atoms with Gasteiger partial charge >= 0.3 is 0 Å². The summed E-state index contributed by atoms with van der Waals surface area (Å²) in [5, 5.41) is 3.82. The van der Waals surface area contributed by atoms with Gasteiger partial charge < -0.3 is 4.42 Å². The molecular weight excluding hydrogens is 400 g/mol. The maximum Gasteiger partial charge on any atom is 0.136 e. The lowest BCUT2D eigenvalue weighted by Gasteiger charge is -2.38. The first-order valence-corrected chi connectivity index (χ1v) is 11.9. The van der Waals surface area contributed by atoms with Crippen LogP contribution in [0.3, 0.4) is 0 Å². The molecule has 2 nitrogen and oxygen atoms in total. The van der Waals surface area contributed by atoms with E-state index in [1.165, 1.54) is 30.0 Å². The third kappa shape index (κ3) is 3.39. The third-order valence-corrected chi connectivity index (χ3v) is 7.52. The highest BCUT2D eigenvalue weighted by atomic mass is 16.3. The van der Waals surface area contributed by atoms with Gasteiger partial charge in [-0.3, -0.25) is 4.98 Å². The number of hydrogen-bond acceptors (Lipinski definition) is 2. The molecule has 1 fully saturated rings. The molecule has 0 spiro atoms. The van der Waals surface area contributed by atoms with Crippen molar-refractivity contribution < 1.29 is 4.42 Å². The molecule has 2 aromatic heterocycles. The number of pyridine rings is 1. The zero-order valence-electron chi connectivity index (χ0n) is 19.0. The van der Waals surface area contributed by atoms with Crippen molar-refractivity contribution >= 4 is 48.4 Å². The summed E-state index contributed by atoms with van der Waals surface area (Å²) in [5.74, 6) is 0.300. The summed E-state index contributed by atoms with van der Waals surface area (Å²) in [4.78, 5) is 4.72. The number of fused-ring (bicyclic) bond motifs is 5. The molecule has 0 unspecified atom stereocenters. The van der Waals surface area contributed by atoms with E-state index in [2.05, 4.69) is 61.5 Å². The predicted octanol–water partition coefficient (Wildman–Crippen LogP) is 7.18. The molecule has 5 aromatic rings. The topological polar surface area (TPSA) is 26.0 Å². The van der Waals surface area contributed by atoms with Crippen molar-refractivity contribution in [1.82, 2.24) is 4.98 Å². The van der Waals surface area contributed by atoms with Crippen molar-refractivity contribution in [3.63, 3.8) is 0 Å². The summed E-state index contributed by atoms with van der Waals surface area (Å²) >= 11 is 0. The number of nitrogens with zero attached hydrogens (tertiary/aromatic N) is 1. The summed E-state index contributed by atoms with van der Waals surface area (Å²) in [7, 11) is 13.5. The minimum Gasteiger partial charge on any atom is -0.456 e. The minimum atomic E-state index is -0.839. The van der Waals surface area contributed by atoms with Crippen molar-refractivity contribution in [3.8, 4) is 11.3 Å². The van der Waals surface area contributed by atoms with Crippen molar-refractivity contribution in [2.24, 2.45) is 5.92 Å². The van der Waals surface area contributed by atoms with Gasteiger partial charge in [-0.2, -0.15) is 0 Å². The van der Waals surface area contributed by atoms with Crippen LogP contribution in [0.15, 0.2) is 71.3 Å². The fourth-order valence-electron chi connectivity index (χ4n) is 5.63. The van der Waals surface area contributed by atoms with E-state index in [0.29, 0.717) is 5.92 Å². The van der Waals surface area contributed by atoms with Gasteiger partial charge in [0.05, 0.1) is 21.4 Å². The van der Waals surface area contributed by atoms with Crippen LogP contribution >= 0.6 is 0 Å². The summed E-state index contributed by atoms with van der Waals surface area (Å²) in [6.07, 6.45) is 7.70. The van der Waals surface area contributed by atoms with Crippen molar-refractivity contribution in [3.05, 3.63) is 78.0 Å². The van der Waals surface area contributed by atoms with Crippen LogP contribution in [0, 0.1) is 12.8 Å². The lowest BCUT2D eigenvalue weighted by atomic mass is 9.43. The number of aromatic nitrogens is 1. The number of aryl methyl sites for hydroxylation is 1. The van der Waals surface area contributed by atoms with E-state index in [4.69, 9.17) is 25.1 Å². The van der Waals surface area contributed by atoms with Crippen LogP contribution in [-0.4, -0.2) is 20.7 Å². The van der Waals surface area contributed by atoms with E-state index in [9.17, 15) is 0 Å². The molecular formula is C29H25B2NO. The summed E-state index contributed by atoms with van der Waals surface area (Å²) < 4.78 is 6.23. The average Bonchev–Trinajstić information content (AvgIpc) is 3.22. The SMILES string of the molecule is [B]C([B])(c1ccnc(-c2cc3c(cc2C)oc2ccc4ccccc4c23)c1)C1CCCCC1. The predicted molar refractivity (Wildman–Crippen MR) is 139 cm³/mol. The molecule has 0 aliphatic heterocycles. The van der Waals surface area contributed by atoms with Gasteiger partial charge in [0.1, 0.15) is 11.2 Å². The molecule has 1 aliphatic rings. The Morgan fingerprint density at radius 1 is 0.879 bits per heavy atom. The van der Waals surface area contributed by atoms with Gasteiger partial charge in [0.15, 0.2) is 0 Å². The monoisotopic (exact) mass is 425 g/mol. The maximum atomic E-state index is 6.74. The summed E-state index contributed by atoms with van der Waals surface area (Å²) in [6.45, 7) is 2.10. The van der Waals surface area contributed by atoms with Gasteiger partial charge in [0.2, 0.25) is 0 Å². The first-order chi connectivity index (χ1) is 16.0. The van der Waals surface area contributed by atoms with E-state index in [0.717, 1.165) is 57.2 Å². The number of hydrogen-bond donors (Lipinski definition) is 0. The van der Waals surface area contributed by atoms with Gasteiger partial charge in [0, 0.05) is 22.5 Å².